The molecule has 8 heavy (non-hydrogen) atoms. The van der Waals surface area contributed by atoms with Gasteiger partial charge in [-0.05, 0) is 11.4 Å². The van der Waals surface area contributed by atoms with Crippen LogP contribution in [0.15, 0.2) is 21.9 Å². The van der Waals surface area contributed by atoms with E-state index in [0.717, 1.165) is 5.49 Å². The highest BCUT2D eigenvalue weighted by molar-refractivity contribution is 7.07. The molecule has 0 aliphatic carbocycles. The topological polar surface area (TPSA) is 25.2 Å². The summed E-state index contributed by atoms with van der Waals surface area (Å²) in [7, 11) is 1.73. The van der Waals surface area contributed by atoms with Crippen LogP contribution in [-0.2, 0) is 0 Å². The van der Waals surface area contributed by atoms with Crippen molar-refractivity contribution in [3.8, 4) is 0 Å². The number of hydrogen-bond acceptors (Lipinski definition) is 3. The van der Waals surface area contributed by atoms with Gasteiger partial charge in [0.25, 0.3) is 0 Å². The van der Waals surface area contributed by atoms with Gasteiger partial charge >= 0.3 is 0 Å². The zero-order chi connectivity index (χ0) is 5.82. The van der Waals surface area contributed by atoms with Gasteiger partial charge in [-0.2, -0.15) is 0 Å². The summed E-state index contributed by atoms with van der Waals surface area (Å²) in [5.41, 5.74) is 2.56. The van der Waals surface area contributed by atoms with Gasteiger partial charge in [0, 0.05) is 7.05 Å². The lowest BCUT2D eigenvalue weighted by Crippen LogP contribution is -2.01. The molecule has 0 bridgehead atoms. The molecule has 0 fully saturated rings. The summed E-state index contributed by atoms with van der Waals surface area (Å²) in [5.74, 6) is 0. The molecule has 1 aromatic rings. The van der Waals surface area contributed by atoms with Crippen LogP contribution in [-0.4, -0.2) is 12.0 Å². The number of nitrogens with zero attached hydrogens (tertiary/aromatic N) is 2. The van der Waals surface area contributed by atoms with Gasteiger partial charge in [0.05, 0.1) is 5.51 Å². The van der Waals surface area contributed by atoms with Gasteiger partial charge in [0.15, 0.2) is 0 Å². The third-order valence-corrected chi connectivity index (χ3v) is 1.29. The Morgan fingerprint density at radius 3 is 3.00 bits per heavy atom. The largest absolute Gasteiger partial charge is 0.270 e. The van der Waals surface area contributed by atoms with Crippen molar-refractivity contribution in [2.24, 2.45) is 4.99 Å². The van der Waals surface area contributed by atoms with Crippen molar-refractivity contribution in [2.45, 2.75) is 0 Å². The SMILES string of the molecule is CN=c1ccscn1. The molecule has 3 heteroatoms. The van der Waals surface area contributed by atoms with Gasteiger partial charge < -0.3 is 0 Å². The molecule has 0 saturated carbocycles. The van der Waals surface area contributed by atoms with Gasteiger partial charge in [-0.3, -0.25) is 4.99 Å². The molecule has 1 aromatic heterocycles. The Bertz CT molecular complexity index is 198. The van der Waals surface area contributed by atoms with E-state index < -0.39 is 0 Å². The van der Waals surface area contributed by atoms with Crippen LogP contribution in [0.25, 0.3) is 0 Å². The second kappa shape index (κ2) is 2.57. The lowest BCUT2D eigenvalue weighted by molar-refractivity contribution is 1.14. The summed E-state index contributed by atoms with van der Waals surface area (Å²) < 4.78 is 0. The van der Waals surface area contributed by atoms with Crippen LogP contribution in [0.2, 0.25) is 0 Å². The van der Waals surface area contributed by atoms with Gasteiger partial charge in [0.2, 0.25) is 0 Å². The Morgan fingerprint density at radius 1 is 1.75 bits per heavy atom. The fraction of sp³-hybridized carbons (Fsp3) is 0.200. The molecule has 0 amide bonds. The minimum Gasteiger partial charge on any atom is -0.270 e. The number of aromatic nitrogens is 1. The zero-order valence-corrected chi connectivity index (χ0v) is 5.35. The smallest absolute Gasteiger partial charge is 0.148 e. The van der Waals surface area contributed by atoms with E-state index in [1.54, 1.807) is 23.9 Å². The zero-order valence-electron chi connectivity index (χ0n) is 4.53. The second-order valence-electron chi connectivity index (χ2n) is 1.26. The highest BCUT2D eigenvalue weighted by Gasteiger charge is 1.71. The van der Waals surface area contributed by atoms with Gasteiger partial charge in [0.1, 0.15) is 5.49 Å². The Morgan fingerprint density at radius 2 is 2.62 bits per heavy atom. The Balaban J connectivity index is 3.20. The summed E-state index contributed by atoms with van der Waals surface area (Å²) in [4.78, 5) is 7.82. The molecule has 0 N–H and O–H groups in total. The first-order chi connectivity index (χ1) is 3.93. The molecule has 0 aliphatic rings. The predicted molar refractivity (Wildman–Crippen MR) is 33.6 cm³/mol. The number of rotatable bonds is 0. The van der Waals surface area contributed by atoms with Crippen LogP contribution in [0.5, 0.6) is 0 Å². The van der Waals surface area contributed by atoms with Crippen LogP contribution in [0, 0.1) is 0 Å². The van der Waals surface area contributed by atoms with Crippen molar-refractivity contribution < 1.29 is 0 Å². The van der Waals surface area contributed by atoms with Gasteiger partial charge in [-0.25, -0.2) is 4.98 Å². The summed E-state index contributed by atoms with van der Waals surface area (Å²) in [6.07, 6.45) is 0. The molecule has 1 heterocycles. The van der Waals surface area contributed by atoms with Crippen molar-refractivity contribution in [3.05, 3.63) is 22.4 Å². The number of hydrogen-bond donors (Lipinski definition) is 0. The maximum absolute atomic E-state index is 3.95. The highest BCUT2D eigenvalue weighted by Crippen LogP contribution is 1.82. The van der Waals surface area contributed by atoms with Gasteiger partial charge in [-0.1, -0.05) is 0 Å². The van der Waals surface area contributed by atoms with Crippen LogP contribution < -0.4 is 5.49 Å². The minimum atomic E-state index is 0.795. The van der Waals surface area contributed by atoms with E-state index in [0.29, 0.717) is 0 Å². The van der Waals surface area contributed by atoms with E-state index in [9.17, 15) is 0 Å². The second-order valence-corrected chi connectivity index (χ2v) is 2.01. The average molecular weight is 126 g/mol. The molecule has 0 aliphatic heterocycles. The Labute approximate surface area is 51.6 Å². The van der Waals surface area contributed by atoms with Crippen LogP contribution in [0.4, 0.5) is 0 Å². The van der Waals surface area contributed by atoms with Crippen molar-refractivity contribution in [2.75, 3.05) is 7.05 Å². The van der Waals surface area contributed by atoms with Crippen molar-refractivity contribution >= 4 is 11.3 Å². The first kappa shape index (κ1) is 5.44. The normalized spacial score (nSPS) is 11.9. The summed E-state index contributed by atoms with van der Waals surface area (Å²) in [6.45, 7) is 0. The predicted octanol–water partition coefficient (Wildman–Crippen LogP) is 0.674. The first-order valence-electron chi connectivity index (χ1n) is 2.25. The van der Waals surface area contributed by atoms with E-state index >= 15 is 0 Å². The average Bonchev–Trinajstić information content (AvgIpc) is 1.90. The molecule has 0 aromatic carbocycles. The minimum absolute atomic E-state index is 0.795. The van der Waals surface area contributed by atoms with Crippen LogP contribution >= 0.6 is 11.3 Å². The van der Waals surface area contributed by atoms with E-state index in [1.165, 1.54) is 0 Å². The monoisotopic (exact) mass is 126 g/mol. The van der Waals surface area contributed by atoms with Gasteiger partial charge in [-0.15, -0.1) is 11.3 Å². The first-order valence-corrected chi connectivity index (χ1v) is 3.19. The van der Waals surface area contributed by atoms with E-state index in [4.69, 9.17) is 0 Å². The molecule has 0 atom stereocenters. The highest BCUT2D eigenvalue weighted by atomic mass is 32.1. The van der Waals surface area contributed by atoms with E-state index in [-0.39, 0.29) is 0 Å². The Hall–Kier alpha value is -0.700. The molecule has 0 radical (unpaired) electrons. The van der Waals surface area contributed by atoms with Crippen molar-refractivity contribution in [3.63, 3.8) is 0 Å². The summed E-state index contributed by atoms with van der Waals surface area (Å²) in [5, 5.41) is 1.95. The fourth-order valence-electron chi connectivity index (χ4n) is 0.395. The van der Waals surface area contributed by atoms with Crippen molar-refractivity contribution in [1.82, 2.24) is 4.98 Å². The maximum atomic E-state index is 3.95. The molecule has 1 rings (SSSR count). The molecule has 0 spiro atoms. The third kappa shape index (κ3) is 1.13. The molecule has 2 nitrogen and oxygen atoms in total. The maximum Gasteiger partial charge on any atom is 0.148 e. The Kier molecular flexibility index (Phi) is 1.75. The van der Waals surface area contributed by atoms with Crippen LogP contribution in [0.3, 0.4) is 0 Å². The lowest BCUT2D eigenvalue weighted by Gasteiger charge is -1.76. The van der Waals surface area contributed by atoms with Crippen LogP contribution in [0.1, 0.15) is 0 Å². The lowest BCUT2D eigenvalue weighted by atomic mass is 10.7. The standard InChI is InChI=1S/C5H6N2S/c1-6-5-2-3-8-4-7-5/h2-4H,1H3. The van der Waals surface area contributed by atoms with E-state index in [2.05, 4.69) is 9.98 Å². The quantitative estimate of drug-likeness (QED) is 0.501. The fourth-order valence-corrected chi connectivity index (χ4v) is 0.834. The third-order valence-electron chi connectivity index (χ3n) is 0.771. The van der Waals surface area contributed by atoms with Crippen molar-refractivity contribution in [1.29, 1.82) is 0 Å². The molecule has 0 saturated heterocycles. The molecule has 42 valence electrons. The molecular weight excluding hydrogens is 120 g/mol. The molecule has 0 unspecified atom stereocenters. The summed E-state index contributed by atoms with van der Waals surface area (Å²) >= 11 is 1.56. The molecular formula is C5H6N2S. The van der Waals surface area contributed by atoms with E-state index in [1.807, 2.05) is 11.4 Å². The summed E-state index contributed by atoms with van der Waals surface area (Å²) in [6, 6.07) is 1.88.